The Kier molecular flexibility index (Phi) is 6.41. The number of hydrogen-bond acceptors (Lipinski definition) is 2. The topological polar surface area (TPSA) is 38.3 Å². The lowest BCUT2D eigenvalue weighted by Gasteiger charge is -2.09. The third-order valence-electron chi connectivity index (χ3n) is 3.34. The second-order valence-electron chi connectivity index (χ2n) is 4.95. The van der Waals surface area contributed by atoms with Crippen LogP contribution >= 0.6 is 15.9 Å². The molecular weight excluding hydrogens is 354 g/mol. The Hall–Kier alpha value is -2.07. The quantitative estimate of drug-likeness (QED) is 0.718. The molecule has 0 aliphatic heterocycles. The number of hydrogen-bond donors (Lipinski definition) is 1. The van der Waals surface area contributed by atoms with Gasteiger partial charge in [0.15, 0.2) is 0 Å². The van der Waals surface area contributed by atoms with Gasteiger partial charge in [-0.05, 0) is 49.2 Å². The number of halogens is 1. The van der Waals surface area contributed by atoms with E-state index in [-0.39, 0.29) is 5.91 Å². The average molecular weight is 374 g/mol. The molecule has 2 aromatic rings. The number of aryl methyl sites for hydroxylation is 1. The summed E-state index contributed by atoms with van der Waals surface area (Å²) in [6, 6.07) is 13.5. The molecule has 0 aliphatic carbocycles. The fourth-order valence-corrected chi connectivity index (χ4v) is 2.61. The molecular formula is C19H20BrNO2. The van der Waals surface area contributed by atoms with Gasteiger partial charge in [-0.15, -0.1) is 0 Å². The second kappa shape index (κ2) is 8.53. The standard InChI is InChI=1S/C19H20BrNO2/c1-3-14-7-5-6-8-17(14)21-19(22)12-9-15-13-16(20)10-11-18(15)23-4-2/h5-13H,3-4H2,1-2H3,(H,21,22). The number of nitrogens with one attached hydrogen (secondary N) is 1. The minimum Gasteiger partial charge on any atom is -0.493 e. The molecule has 0 aromatic heterocycles. The molecule has 0 radical (unpaired) electrons. The van der Waals surface area contributed by atoms with Gasteiger partial charge in [0.25, 0.3) is 0 Å². The summed E-state index contributed by atoms with van der Waals surface area (Å²) >= 11 is 3.44. The number of ether oxygens (including phenoxy) is 1. The van der Waals surface area contributed by atoms with Crippen LogP contribution in [0.1, 0.15) is 25.0 Å². The maximum Gasteiger partial charge on any atom is 0.248 e. The van der Waals surface area contributed by atoms with Crippen LogP contribution in [0.25, 0.3) is 6.08 Å². The van der Waals surface area contributed by atoms with Crippen molar-refractivity contribution in [3.63, 3.8) is 0 Å². The molecule has 120 valence electrons. The predicted octanol–water partition coefficient (Wildman–Crippen LogP) is 5.06. The van der Waals surface area contributed by atoms with Crippen LogP contribution in [0, 0.1) is 0 Å². The first kappa shape index (κ1) is 17.3. The fraction of sp³-hybridized carbons (Fsp3) is 0.211. The number of amides is 1. The molecule has 1 N–H and O–H groups in total. The van der Waals surface area contributed by atoms with Crippen molar-refractivity contribution in [2.75, 3.05) is 11.9 Å². The molecule has 0 spiro atoms. The summed E-state index contributed by atoms with van der Waals surface area (Å²) in [4.78, 5) is 12.2. The van der Waals surface area contributed by atoms with Crippen LogP contribution in [-0.2, 0) is 11.2 Å². The Labute approximate surface area is 145 Å². The summed E-state index contributed by atoms with van der Waals surface area (Å²) in [6.45, 7) is 4.58. The molecule has 0 unspecified atom stereocenters. The Morgan fingerprint density at radius 1 is 1.22 bits per heavy atom. The van der Waals surface area contributed by atoms with Gasteiger partial charge in [0, 0.05) is 21.8 Å². The van der Waals surface area contributed by atoms with Crippen LogP contribution in [0.5, 0.6) is 5.75 Å². The van der Waals surface area contributed by atoms with Gasteiger partial charge in [-0.25, -0.2) is 0 Å². The average Bonchev–Trinajstić information content (AvgIpc) is 2.55. The lowest BCUT2D eigenvalue weighted by Crippen LogP contribution is -2.09. The zero-order chi connectivity index (χ0) is 16.7. The van der Waals surface area contributed by atoms with E-state index in [4.69, 9.17) is 4.74 Å². The summed E-state index contributed by atoms with van der Waals surface area (Å²) in [7, 11) is 0. The van der Waals surface area contributed by atoms with Crippen LogP contribution in [0.15, 0.2) is 53.0 Å². The summed E-state index contributed by atoms with van der Waals surface area (Å²) in [6.07, 6.45) is 4.16. The van der Waals surface area contributed by atoms with Crippen molar-refractivity contribution in [3.8, 4) is 5.75 Å². The number of anilines is 1. The van der Waals surface area contributed by atoms with E-state index in [2.05, 4.69) is 28.2 Å². The van der Waals surface area contributed by atoms with Gasteiger partial charge in [-0.3, -0.25) is 4.79 Å². The molecule has 1 amide bonds. The molecule has 0 heterocycles. The third-order valence-corrected chi connectivity index (χ3v) is 3.84. The van der Waals surface area contributed by atoms with E-state index in [0.717, 1.165) is 33.5 Å². The maximum atomic E-state index is 12.2. The zero-order valence-electron chi connectivity index (χ0n) is 13.3. The van der Waals surface area contributed by atoms with Crippen molar-refractivity contribution in [1.82, 2.24) is 0 Å². The largest absolute Gasteiger partial charge is 0.493 e. The number of para-hydroxylation sites is 1. The van der Waals surface area contributed by atoms with Crippen molar-refractivity contribution >= 4 is 33.6 Å². The van der Waals surface area contributed by atoms with Crippen LogP contribution in [0.2, 0.25) is 0 Å². The summed E-state index contributed by atoms with van der Waals surface area (Å²) < 4.78 is 6.52. The van der Waals surface area contributed by atoms with Crippen LogP contribution in [0.3, 0.4) is 0 Å². The predicted molar refractivity (Wildman–Crippen MR) is 98.8 cm³/mol. The van der Waals surface area contributed by atoms with E-state index >= 15 is 0 Å². The minimum atomic E-state index is -0.159. The number of carbonyl (C=O) groups is 1. The highest BCUT2D eigenvalue weighted by atomic mass is 79.9. The number of benzene rings is 2. The Morgan fingerprint density at radius 2 is 2.00 bits per heavy atom. The van der Waals surface area contributed by atoms with Gasteiger partial charge in [0.1, 0.15) is 5.75 Å². The first-order valence-electron chi connectivity index (χ1n) is 7.63. The first-order valence-corrected chi connectivity index (χ1v) is 8.42. The molecule has 2 rings (SSSR count). The molecule has 0 aliphatic rings. The van der Waals surface area contributed by atoms with E-state index in [1.165, 1.54) is 6.08 Å². The lowest BCUT2D eigenvalue weighted by atomic mass is 10.1. The minimum absolute atomic E-state index is 0.159. The second-order valence-corrected chi connectivity index (χ2v) is 5.86. The van der Waals surface area contributed by atoms with E-state index in [1.807, 2.05) is 49.4 Å². The highest BCUT2D eigenvalue weighted by molar-refractivity contribution is 9.10. The zero-order valence-corrected chi connectivity index (χ0v) is 14.9. The summed E-state index contributed by atoms with van der Waals surface area (Å²) in [5.74, 6) is 0.599. The van der Waals surface area contributed by atoms with Crippen LogP contribution in [-0.4, -0.2) is 12.5 Å². The molecule has 2 aromatic carbocycles. The van der Waals surface area contributed by atoms with Crippen LogP contribution < -0.4 is 10.1 Å². The molecule has 0 bridgehead atoms. The SMILES string of the molecule is CCOc1ccc(Br)cc1C=CC(=O)Nc1ccccc1CC. The molecule has 4 heteroatoms. The maximum absolute atomic E-state index is 12.2. The van der Waals surface area contributed by atoms with Crippen molar-refractivity contribution < 1.29 is 9.53 Å². The molecule has 0 saturated heterocycles. The molecule has 0 fully saturated rings. The third kappa shape index (κ3) is 4.96. The van der Waals surface area contributed by atoms with Crippen molar-refractivity contribution in [2.24, 2.45) is 0 Å². The Balaban J connectivity index is 2.13. The normalized spacial score (nSPS) is 10.7. The van der Waals surface area contributed by atoms with Crippen molar-refractivity contribution in [2.45, 2.75) is 20.3 Å². The van der Waals surface area contributed by atoms with E-state index in [9.17, 15) is 4.79 Å². The molecule has 0 saturated carbocycles. The number of rotatable bonds is 6. The molecule has 23 heavy (non-hydrogen) atoms. The highest BCUT2D eigenvalue weighted by Crippen LogP contribution is 2.24. The Bertz CT molecular complexity index is 710. The highest BCUT2D eigenvalue weighted by Gasteiger charge is 2.04. The van der Waals surface area contributed by atoms with Gasteiger partial charge in [-0.2, -0.15) is 0 Å². The molecule has 0 atom stereocenters. The van der Waals surface area contributed by atoms with Gasteiger partial charge in [-0.1, -0.05) is 41.1 Å². The van der Waals surface area contributed by atoms with Crippen LogP contribution in [0.4, 0.5) is 5.69 Å². The summed E-state index contributed by atoms with van der Waals surface area (Å²) in [5, 5.41) is 2.92. The fourth-order valence-electron chi connectivity index (χ4n) is 2.23. The van der Waals surface area contributed by atoms with Crippen molar-refractivity contribution in [3.05, 3.63) is 64.1 Å². The van der Waals surface area contributed by atoms with Gasteiger partial charge >= 0.3 is 0 Å². The van der Waals surface area contributed by atoms with E-state index in [1.54, 1.807) is 6.08 Å². The smallest absolute Gasteiger partial charge is 0.248 e. The van der Waals surface area contributed by atoms with Gasteiger partial charge in [0.2, 0.25) is 5.91 Å². The van der Waals surface area contributed by atoms with Gasteiger partial charge < -0.3 is 10.1 Å². The summed E-state index contributed by atoms with van der Waals surface area (Å²) in [5.41, 5.74) is 2.83. The number of carbonyl (C=O) groups excluding carboxylic acids is 1. The molecule has 3 nitrogen and oxygen atoms in total. The lowest BCUT2D eigenvalue weighted by molar-refractivity contribution is -0.111. The van der Waals surface area contributed by atoms with E-state index in [0.29, 0.717) is 6.61 Å². The van der Waals surface area contributed by atoms with Crippen molar-refractivity contribution in [1.29, 1.82) is 0 Å². The first-order chi connectivity index (χ1) is 11.1. The Morgan fingerprint density at radius 3 is 2.74 bits per heavy atom. The van der Waals surface area contributed by atoms with Gasteiger partial charge in [0.05, 0.1) is 6.61 Å². The van der Waals surface area contributed by atoms with E-state index < -0.39 is 0 Å². The monoisotopic (exact) mass is 373 g/mol.